The molecule has 0 N–H and O–H groups in total. The van der Waals surface area contributed by atoms with Crippen LogP contribution in [0.1, 0.15) is 24.8 Å². The van der Waals surface area contributed by atoms with E-state index in [0.29, 0.717) is 0 Å². The van der Waals surface area contributed by atoms with Crippen molar-refractivity contribution in [2.45, 2.75) is 24.7 Å². The highest BCUT2D eigenvalue weighted by Crippen LogP contribution is 2.53. The molecule has 1 fully saturated rings. The van der Waals surface area contributed by atoms with E-state index in [-0.39, 0.29) is 11.8 Å². The van der Waals surface area contributed by atoms with Gasteiger partial charge < -0.3 is 4.90 Å². The Morgan fingerprint density at radius 3 is 3.00 bits per heavy atom. The van der Waals surface area contributed by atoms with Gasteiger partial charge in [-0.25, -0.2) is 0 Å². The van der Waals surface area contributed by atoms with Crippen molar-refractivity contribution in [2.75, 3.05) is 11.9 Å². The number of likely N-dealkylation sites (N-methyl/N-ethyl adjacent to an activating group) is 1. The van der Waals surface area contributed by atoms with Gasteiger partial charge in [0.2, 0.25) is 5.91 Å². The number of anilines is 1. The van der Waals surface area contributed by atoms with Crippen LogP contribution in [0.4, 0.5) is 5.69 Å². The van der Waals surface area contributed by atoms with Crippen molar-refractivity contribution in [1.82, 2.24) is 0 Å². The van der Waals surface area contributed by atoms with Crippen molar-refractivity contribution in [3.63, 3.8) is 0 Å². The van der Waals surface area contributed by atoms with Crippen molar-refractivity contribution < 1.29 is 4.79 Å². The molecule has 1 heterocycles. The zero-order valence-corrected chi connectivity index (χ0v) is 9.81. The van der Waals surface area contributed by atoms with E-state index in [1.165, 1.54) is 0 Å². The zero-order valence-electron chi connectivity index (χ0n) is 9.81. The van der Waals surface area contributed by atoms with Crippen molar-refractivity contribution in [3.8, 4) is 6.07 Å². The van der Waals surface area contributed by atoms with Gasteiger partial charge in [-0.3, -0.25) is 4.79 Å². The highest BCUT2D eigenvalue weighted by atomic mass is 16.2. The second kappa shape index (κ2) is 3.33. The normalized spacial score (nSPS) is 30.7. The van der Waals surface area contributed by atoms with E-state index < -0.39 is 5.41 Å². The van der Waals surface area contributed by atoms with Gasteiger partial charge in [0.25, 0.3) is 0 Å². The lowest BCUT2D eigenvalue weighted by Gasteiger charge is -2.25. The van der Waals surface area contributed by atoms with Gasteiger partial charge in [0.05, 0.1) is 17.4 Å². The third kappa shape index (κ3) is 1.08. The number of nitriles is 1. The number of amides is 1. The Balaban J connectivity index is 2.25. The molecule has 1 spiro atoms. The van der Waals surface area contributed by atoms with Crippen molar-refractivity contribution in [2.24, 2.45) is 5.92 Å². The molecule has 1 aromatic carbocycles. The number of nitrogens with zero attached hydrogens (tertiary/aromatic N) is 2. The van der Waals surface area contributed by atoms with Crippen LogP contribution in [0.15, 0.2) is 24.3 Å². The summed E-state index contributed by atoms with van der Waals surface area (Å²) in [5.41, 5.74) is 1.47. The lowest BCUT2D eigenvalue weighted by atomic mass is 9.73. The molecule has 1 aromatic rings. The Bertz CT molecular complexity index is 531. The molecule has 3 rings (SSSR count). The van der Waals surface area contributed by atoms with Gasteiger partial charge in [-0.05, 0) is 24.5 Å². The SMILES string of the molecule is CN1C(=O)[C@@]2(CCC[C@H]2C#N)c2ccccc21. The quantitative estimate of drug-likeness (QED) is 0.680. The minimum atomic E-state index is -0.555. The number of carbonyl (C=O) groups is 1. The molecule has 1 saturated carbocycles. The molecular formula is C14H14N2O. The fraction of sp³-hybridized carbons (Fsp3) is 0.429. The fourth-order valence-corrected chi connectivity index (χ4v) is 3.43. The van der Waals surface area contributed by atoms with E-state index in [2.05, 4.69) is 6.07 Å². The van der Waals surface area contributed by atoms with E-state index in [4.69, 9.17) is 0 Å². The molecule has 0 aromatic heterocycles. The van der Waals surface area contributed by atoms with Crippen molar-refractivity contribution in [1.29, 1.82) is 5.26 Å². The van der Waals surface area contributed by atoms with E-state index in [1.807, 2.05) is 31.3 Å². The van der Waals surface area contributed by atoms with Crippen LogP contribution in [0.5, 0.6) is 0 Å². The summed E-state index contributed by atoms with van der Waals surface area (Å²) in [5.74, 6) is -0.0659. The van der Waals surface area contributed by atoms with Crippen LogP contribution in [0, 0.1) is 17.2 Å². The highest BCUT2D eigenvalue weighted by Gasteiger charge is 2.56. The van der Waals surface area contributed by atoms with Crippen LogP contribution in [0.25, 0.3) is 0 Å². The Labute approximate surface area is 101 Å². The minimum absolute atomic E-state index is 0.0998. The Hall–Kier alpha value is -1.82. The predicted molar refractivity (Wildman–Crippen MR) is 64.5 cm³/mol. The molecule has 0 bridgehead atoms. The summed E-state index contributed by atoms with van der Waals surface area (Å²) in [6.45, 7) is 0. The molecule has 2 aliphatic rings. The van der Waals surface area contributed by atoms with Gasteiger partial charge in [-0.15, -0.1) is 0 Å². The van der Waals surface area contributed by atoms with Gasteiger partial charge in [-0.1, -0.05) is 24.6 Å². The number of carbonyl (C=O) groups excluding carboxylic acids is 1. The summed E-state index contributed by atoms with van der Waals surface area (Å²) in [4.78, 5) is 14.2. The smallest absolute Gasteiger partial charge is 0.238 e. The molecule has 0 radical (unpaired) electrons. The summed E-state index contributed by atoms with van der Waals surface area (Å²) >= 11 is 0. The van der Waals surface area contributed by atoms with Crippen molar-refractivity contribution >= 4 is 11.6 Å². The summed E-state index contributed by atoms with van der Waals surface area (Å²) in [6, 6.07) is 10.2. The monoisotopic (exact) mass is 226 g/mol. The molecule has 3 heteroatoms. The molecule has 1 amide bonds. The fourth-order valence-electron chi connectivity index (χ4n) is 3.43. The lowest BCUT2D eigenvalue weighted by molar-refractivity contribution is -0.123. The largest absolute Gasteiger partial charge is 0.314 e. The standard InChI is InChI=1S/C14H14N2O/c1-16-12-7-3-2-6-11(12)14(13(16)17)8-4-5-10(14)9-15/h2-3,6-7,10H,4-5,8H2,1H3/t10-,14+/m0/s1. The first-order valence-electron chi connectivity index (χ1n) is 5.99. The maximum atomic E-state index is 12.5. The van der Waals surface area contributed by atoms with Gasteiger partial charge >= 0.3 is 0 Å². The first-order chi connectivity index (χ1) is 8.21. The highest BCUT2D eigenvalue weighted by molar-refractivity contribution is 6.08. The number of fused-ring (bicyclic) bond motifs is 2. The average Bonchev–Trinajstić information content (AvgIpc) is 2.88. The maximum Gasteiger partial charge on any atom is 0.238 e. The number of hydrogen-bond donors (Lipinski definition) is 0. The van der Waals surface area contributed by atoms with Crippen LogP contribution < -0.4 is 4.90 Å². The predicted octanol–water partition coefficient (Wildman–Crippen LogP) is 2.22. The van der Waals surface area contributed by atoms with Gasteiger partial charge in [0.15, 0.2) is 0 Å². The number of rotatable bonds is 0. The second-order valence-corrected chi connectivity index (χ2v) is 4.93. The molecule has 0 saturated heterocycles. The van der Waals surface area contributed by atoms with E-state index in [0.717, 1.165) is 30.5 Å². The number of para-hydroxylation sites is 1. The van der Waals surface area contributed by atoms with Crippen LogP contribution in [-0.4, -0.2) is 13.0 Å². The first kappa shape index (κ1) is 10.3. The van der Waals surface area contributed by atoms with Crippen LogP contribution in [0.2, 0.25) is 0 Å². The van der Waals surface area contributed by atoms with Crippen LogP contribution >= 0.6 is 0 Å². The minimum Gasteiger partial charge on any atom is -0.314 e. The van der Waals surface area contributed by atoms with Gasteiger partial charge in [0, 0.05) is 12.7 Å². The zero-order chi connectivity index (χ0) is 12.0. The van der Waals surface area contributed by atoms with E-state index in [1.54, 1.807) is 4.90 Å². The molecule has 17 heavy (non-hydrogen) atoms. The molecule has 1 aliphatic heterocycles. The average molecular weight is 226 g/mol. The third-order valence-electron chi connectivity index (χ3n) is 4.25. The topological polar surface area (TPSA) is 44.1 Å². The molecule has 86 valence electrons. The van der Waals surface area contributed by atoms with Gasteiger partial charge in [0.1, 0.15) is 0 Å². The Morgan fingerprint density at radius 1 is 1.47 bits per heavy atom. The summed E-state index contributed by atoms with van der Waals surface area (Å²) in [6.07, 6.45) is 2.61. The third-order valence-corrected chi connectivity index (χ3v) is 4.25. The molecule has 2 atom stereocenters. The summed E-state index contributed by atoms with van der Waals surface area (Å²) in [5, 5.41) is 9.30. The second-order valence-electron chi connectivity index (χ2n) is 4.93. The molecule has 1 aliphatic carbocycles. The first-order valence-corrected chi connectivity index (χ1v) is 5.99. The molecule has 3 nitrogen and oxygen atoms in total. The number of hydrogen-bond acceptors (Lipinski definition) is 2. The molecule has 0 unspecified atom stereocenters. The van der Waals surface area contributed by atoms with Crippen LogP contribution in [-0.2, 0) is 10.2 Å². The Kier molecular flexibility index (Phi) is 2.03. The lowest BCUT2D eigenvalue weighted by Crippen LogP contribution is -2.41. The van der Waals surface area contributed by atoms with Crippen molar-refractivity contribution in [3.05, 3.63) is 29.8 Å². The maximum absolute atomic E-state index is 12.5. The molecular weight excluding hydrogens is 212 g/mol. The summed E-state index contributed by atoms with van der Waals surface area (Å²) in [7, 11) is 1.81. The van der Waals surface area contributed by atoms with Gasteiger partial charge in [-0.2, -0.15) is 5.26 Å². The van der Waals surface area contributed by atoms with E-state index in [9.17, 15) is 10.1 Å². The van der Waals surface area contributed by atoms with E-state index >= 15 is 0 Å². The Morgan fingerprint density at radius 2 is 2.24 bits per heavy atom. The summed E-state index contributed by atoms with van der Waals surface area (Å²) < 4.78 is 0. The number of benzene rings is 1. The van der Waals surface area contributed by atoms with Crippen LogP contribution in [0.3, 0.4) is 0 Å².